The van der Waals surface area contributed by atoms with E-state index in [1.54, 1.807) is 0 Å². The van der Waals surface area contributed by atoms with Crippen molar-refractivity contribution in [3.63, 3.8) is 0 Å². The summed E-state index contributed by atoms with van der Waals surface area (Å²) in [7, 11) is 0. The lowest BCUT2D eigenvalue weighted by Gasteiger charge is -2.00. The number of hydrogen-bond acceptors (Lipinski definition) is 2. The van der Waals surface area contributed by atoms with Crippen molar-refractivity contribution in [2.45, 2.75) is 4.84 Å². The molecule has 0 radical (unpaired) electrons. The normalized spacial score (nSPS) is 10.5. The van der Waals surface area contributed by atoms with Gasteiger partial charge in [0.1, 0.15) is 10.7 Å². The van der Waals surface area contributed by atoms with Crippen LogP contribution in [0, 0.1) is 15.9 Å². The molecule has 1 aromatic carbocycles. The minimum absolute atomic E-state index is 0.176. The van der Waals surface area contributed by atoms with Gasteiger partial charge in [-0.15, -0.1) is 23.2 Å². The fourth-order valence-corrected chi connectivity index (χ4v) is 1.08. The third-order valence-corrected chi connectivity index (χ3v) is 1.87. The van der Waals surface area contributed by atoms with Gasteiger partial charge in [0.05, 0.1) is 11.0 Å². The highest BCUT2D eigenvalue weighted by molar-refractivity contribution is 6.44. The number of alkyl halides is 2. The molecular weight excluding hydrogens is 220 g/mol. The van der Waals surface area contributed by atoms with Gasteiger partial charge < -0.3 is 0 Å². The van der Waals surface area contributed by atoms with E-state index in [-0.39, 0.29) is 11.3 Å². The van der Waals surface area contributed by atoms with Crippen LogP contribution >= 0.6 is 23.2 Å². The van der Waals surface area contributed by atoms with Crippen molar-refractivity contribution >= 4 is 28.9 Å². The maximum Gasteiger partial charge on any atom is 0.272 e. The number of nitro benzene ring substituents is 1. The summed E-state index contributed by atoms with van der Waals surface area (Å²) < 4.78 is 12.7. The van der Waals surface area contributed by atoms with E-state index in [0.717, 1.165) is 18.2 Å². The summed E-state index contributed by atoms with van der Waals surface area (Å²) >= 11 is 10.9. The topological polar surface area (TPSA) is 43.1 Å². The quantitative estimate of drug-likeness (QED) is 0.439. The lowest BCUT2D eigenvalue weighted by atomic mass is 10.2. The Bertz CT molecular complexity index is 343. The molecule has 0 aliphatic heterocycles. The summed E-state index contributed by atoms with van der Waals surface area (Å²) in [5.41, 5.74) is -0.184. The first kappa shape index (κ1) is 10.2. The first-order chi connectivity index (χ1) is 6.00. The van der Waals surface area contributed by atoms with Crippen LogP contribution in [0.3, 0.4) is 0 Å². The monoisotopic (exact) mass is 223 g/mol. The molecule has 0 atom stereocenters. The van der Waals surface area contributed by atoms with Crippen molar-refractivity contribution in [2.24, 2.45) is 0 Å². The van der Waals surface area contributed by atoms with E-state index in [0.29, 0.717) is 0 Å². The van der Waals surface area contributed by atoms with Gasteiger partial charge in [-0.2, -0.15) is 0 Å². The molecule has 0 bridgehead atoms. The molecule has 0 saturated heterocycles. The largest absolute Gasteiger partial charge is 0.272 e. The van der Waals surface area contributed by atoms with E-state index in [1.807, 2.05) is 0 Å². The number of non-ortho nitro benzene ring substituents is 1. The molecule has 0 saturated carbocycles. The molecule has 0 N–H and O–H groups in total. The highest BCUT2D eigenvalue weighted by Gasteiger charge is 2.13. The van der Waals surface area contributed by atoms with Crippen LogP contribution in [0.4, 0.5) is 10.1 Å². The van der Waals surface area contributed by atoms with Gasteiger partial charge in [-0.05, 0) is 11.6 Å². The molecular formula is C7H4Cl2FNO2. The van der Waals surface area contributed by atoms with Crippen LogP contribution in [0.15, 0.2) is 18.2 Å². The van der Waals surface area contributed by atoms with Gasteiger partial charge in [0.25, 0.3) is 5.69 Å². The minimum atomic E-state index is -0.964. The Hall–Kier alpha value is -0.870. The van der Waals surface area contributed by atoms with Crippen molar-refractivity contribution in [2.75, 3.05) is 0 Å². The number of nitrogens with zero attached hydrogens (tertiary/aromatic N) is 1. The summed E-state index contributed by atoms with van der Waals surface area (Å²) in [6.45, 7) is 0. The van der Waals surface area contributed by atoms with E-state index in [9.17, 15) is 14.5 Å². The molecule has 0 spiro atoms. The Balaban J connectivity index is 3.19. The standard InChI is InChI=1S/C7H4Cl2FNO2/c8-7(9)4-1-5(10)3-6(2-4)11(12)13/h1-3,7H. The zero-order valence-electron chi connectivity index (χ0n) is 6.21. The van der Waals surface area contributed by atoms with Crippen molar-refractivity contribution in [1.82, 2.24) is 0 Å². The molecule has 3 nitrogen and oxygen atoms in total. The summed E-state index contributed by atoms with van der Waals surface area (Å²) in [6.07, 6.45) is 0. The average Bonchev–Trinajstić information content (AvgIpc) is 2.03. The molecule has 0 aliphatic carbocycles. The summed E-state index contributed by atoms with van der Waals surface area (Å²) in [6, 6.07) is 2.99. The lowest BCUT2D eigenvalue weighted by molar-refractivity contribution is -0.385. The summed E-state index contributed by atoms with van der Waals surface area (Å²) in [5.74, 6) is -0.726. The van der Waals surface area contributed by atoms with Gasteiger partial charge in [0, 0.05) is 6.07 Å². The maximum atomic E-state index is 12.7. The molecule has 70 valence electrons. The molecule has 13 heavy (non-hydrogen) atoms. The van der Waals surface area contributed by atoms with E-state index >= 15 is 0 Å². The van der Waals surface area contributed by atoms with Crippen molar-refractivity contribution in [1.29, 1.82) is 0 Å². The Kier molecular flexibility index (Phi) is 3.06. The summed E-state index contributed by atoms with van der Waals surface area (Å²) in [5, 5.41) is 10.3. The molecule has 0 aromatic heterocycles. The number of nitro groups is 1. The molecule has 0 heterocycles. The number of rotatable bonds is 2. The first-order valence-electron chi connectivity index (χ1n) is 3.23. The van der Waals surface area contributed by atoms with Crippen molar-refractivity contribution in [3.8, 4) is 0 Å². The van der Waals surface area contributed by atoms with Crippen LogP contribution in [-0.2, 0) is 0 Å². The van der Waals surface area contributed by atoms with Crippen LogP contribution in [0.2, 0.25) is 0 Å². The average molecular weight is 224 g/mol. The Morgan fingerprint density at radius 3 is 2.46 bits per heavy atom. The predicted octanol–water partition coefficient (Wildman–Crippen LogP) is 3.21. The van der Waals surface area contributed by atoms with Gasteiger partial charge >= 0.3 is 0 Å². The van der Waals surface area contributed by atoms with Gasteiger partial charge in [-0.3, -0.25) is 10.1 Å². The molecule has 1 aromatic rings. The van der Waals surface area contributed by atoms with E-state index in [4.69, 9.17) is 23.2 Å². The van der Waals surface area contributed by atoms with Crippen molar-refractivity contribution < 1.29 is 9.31 Å². The third kappa shape index (κ3) is 2.54. The SMILES string of the molecule is O=[N+]([O-])c1cc(F)cc(C(Cl)Cl)c1. The lowest BCUT2D eigenvalue weighted by Crippen LogP contribution is -1.92. The third-order valence-electron chi connectivity index (χ3n) is 1.37. The highest BCUT2D eigenvalue weighted by Crippen LogP contribution is 2.28. The number of hydrogen-bond donors (Lipinski definition) is 0. The zero-order chi connectivity index (χ0) is 10.0. The zero-order valence-corrected chi connectivity index (χ0v) is 7.72. The predicted molar refractivity (Wildman–Crippen MR) is 47.5 cm³/mol. The second-order valence-electron chi connectivity index (χ2n) is 2.30. The second-order valence-corrected chi connectivity index (χ2v) is 3.40. The Labute approximate surface area is 83.2 Å². The molecule has 0 unspecified atom stereocenters. The van der Waals surface area contributed by atoms with E-state index in [2.05, 4.69) is 0 Å². The molecule has 0 amide bonds. The summed E-state index contributed by atoms with van der Waals surface area (Å²) in [4.78, 5) is 8.61. The Morgan fingerprint density at radius 1 is 1.38 bits per heavy atom. The van der Waals surface area contributed by atoms with Gasteiger partial charge in [-0.25, -0.2) is 4.39 Å². The van der Waals surface area contributed by atoms with Gasteiger partial charge in [0.2, 0.25) is 0 Å². The molecule has 1 rings (SSSR count). The van der Waals surface area contributed by atoms with Crippen LogP contribution in [0.25, 0.3) is 0 Å². The van der Waals surface area contributed by atoms with Crippen LogP contribution in [0.1, 0.15) is 10.4 Å². The molecule has 6 heteroatoms. The minimum Gasteiger partial charge on any atom is -0.258 e. The number of halogens is 3. The molecule has 0 aliphatic rings. The van der Waals surface area contributed by atoms with E-state index in [1.165, 1.54) is 0 Å². The number of benzene rings is 1. The highest BCUT2D eigenvalue weighted by atomic mass is 35.5. The first-order valence-corrected chi connectivity index (χ1v) is 4.11. The van der Waals surface area contributed by atoms with Gasteiger partial charge in [0.15, 0.2) is 0 Å². The Morgan fingerprint density at radius 2 is 2.00 bits per heavy atom. The fraction of sp³-hybridized carbons (Fsp3) is 0.143. The van der Waals surface area contributed by atoms with Crippen LogP contribution in [0.5, 0.6) is 0 Å². The van der Waals surface area contributed by atoms with E-state index < -0.39 is 15.6 Å². The van der Waals surface area contributed by atoms with Crippen molar-refractivity contribution in [3.05, 3.63) is 39.7 Å². The van der Waals surface area contributed by atoms with Crippen LogP contribution < -0.4 is 0 Å². The van der Waals surface area contributed by atoms with Gasteiger partial charge in [-0.1, -0.05) is 0 Å². The second kappa shape index (κ2) is 3.89. The molecule has 0 fully saturated rings. The fourth-order valence-electron chi connectivity index (χ4n) is 0.828. The van der Waals surface area contributed by atoms with Crippen LogP contribution in [-0.4, -0.2) is 4.92 Å². The maximum absolute atomic E-state index is 12.7. The smallest absolute Gasteiger partial charge is 0.258 e.